The van der Waals surface area contributed by atoms with Gasteiger partial charge >= 0.3 is 0 Å². The normalized spacial score (nSPS) is 13.2. The van der Waals surface area contributed by atoms with Gasteiger partial charge in [0.05, 0.1) is 0 Å². The molecule has 0 heterocycles. The van der Waals surface area contributed by atoms with E-state index in [1.165, 1.54) is 0 Å². The molecule has 3 nitrogen and oxygen atoms in total. The van der Waals surface area contributed by atoms with Crippen LogP contribution >= 0.6 is 0 Å². The van der Waals surface area contributed by atoms with Crippen molar-refractivity contribution in [1.82, 2.24) is 4.90 Å². The first kappa shape index (κ1) is 11.4. The molecule has 1 atom stereocenters. The van der Waals surface area contributed by atoms with Crippen LogP contribution in [0.2, 0.25) is 0 Å². The number of carbonyl (C=O) groups is 1. The molecule has 0 fully saturated rings. The highest BCUT2D eigenvalue weighted by atomic mass is 16.2. The maximum Gasteiger partial charge on any atom is 0.222 e. The molecule has 0 spiro atoms. The second-order valence-corrected chi connectivity index (χ2v) is 3.73. The predicted molar refractivity (Wildman–Crippen MR) is 50.7 cm³/mol. The Bertz CT molecular complexity index is 143. The summed E-state index contributed by atoms with van der Waals surface area (Å²) in [7, 11) is 3.53. The van der Waals surface area contributed by atoms with Crippen molar-refractivity contribution in [2.45, 2.75) is 32.7 Å². The largest absolute Gasteiger partial charge is 0.349 e. The van der Waals surface area contributed by atoms with Gasteiger partial charge in [0.1, 0.15) is 0 Å². The predicted octanol–water partition coefficient (Wildman–Crippen LogP) is 0.838. The fraction of sp³-hybridized carbons (Fsp3) is 0.889. The average molecular weight is 172 g/mol. The molecule has 3 heteroatoms. The standard InChI is InChI=1S/C9H20N2O/c1-7(2)8(10)5-6-9(12)11(3)4/h7-8H,5-6,10H2,1-4H3. The number of hydrogen-bond donors (Lipinski definition) is 1. The molecule has 0 bridgehead atoms. The number of nitrogens with zero attached hydrogens (tertiary/aromatic N) is 1. The first-order valence-electron chi connectivity index (χ1n) is 4.41. The van der Waals surface area contributed by atoms with Crippen LogP contribution in [-0.2, 0) is 4.79 Å². The Hall–Kier alpha value is -0.570. The lowest BCUT2D eigenvalue weighted by Gasteiger charge is -2.16. The van der Waals surface area contributed by atoms with Gasteiger partial charge in [-0.3, -0.25) is 4.79 Å². The Kier molecular flexibility index (Phi) is 4.90. The zero-order valence-electron chi connectivity index (χ0n) is 8.50. The van der Waals surface area contributed by atoms with Crippen LogP contribution in [0.1, 0.15) is 26.7 Å². The first-order chi connectivity index (χ1) is 5.45. The molecule has 72 valence electrons. The summed E-state index contributed by atoms with van der Waals surface area (Å²) in [6.07, 6.45) is 1.35. The molecule has 2 N–H and O–H groups in total. The van der Waals surface area contributed by atoms with E-state index in [2.05, 4.69) is 13.8 Å². The zero-order valence-corrected chi connectivity index (χ0v) is 8.50. The minimum absolute atomic E-state index is 0.147. The zero-order chi connectivity index (χ0) is 9.72. The van der Waals surface area contributed by atoms with Crippen LogP contribution in [0.25, 0.3) is 0 Å². The maximum absolute atomic E-state index is 11.1. The molecule has 1 unspecified atom stereocenters. The smallest absolute Gasteiger partial charge is 0.222 e. The molecule has 0 aromatic carbocycles. The molecule has 12 heavy (non-hydrogen) atoms. The number of carbonyl (C=O) groups excluding carboxylic acids is 1. The van der Waals surface area contributed by atoms with Gasteiger partial charge in [0, 0.05) is 26.6 Å². The van der Waals surface area contributed by atoms with Crippen LogP contribution in [-0.4, -0.2) is 30.9 Å². The lowest BCUT2D eigenvalue weighted by atomic mass is 10.0. The molecule has 0 aromatic rings. The fourth-order valence-electron chi connectivity index (χ4n) is 0.847. The van der Waals surface area contributed by atoms with Crippen LogP contribution < -0.4 is 5.73 Å². The second kappa shape index (κ2) is 5.14. The highest BCUT2D eigenvalue weighted by molar-refractivity contribution is 5.75. The van der Waals surface area contributed by atoms with Crippen molar-refractivity contribution in [1.29, 1.82) is 0 Å². The molecule has 0 rings (SSSR count). The van der Waals surface area contributed by atoms with Gasteiger partial charge in [-0.15, -0.1) is 0 Å². The van der Waals surface area contributed by atoms with Crippen LogP contribution in [0.3, 0.4) is 0 Å². The van der Waals surface area contributed by atoms with Gasteiger partial charge in [-0.25, -0.2) is 0 Å². The van der Waals surface area contributed by atoms with E-state index in [0.29, 0.717) is 12.3 Å². The Morgan fingerprint density at radius 1 is 1.42 bits per heavy atom. The van der Waals surface area contributed by atoms with E-state index in [9.17, 15) is 4.79 Å². The van der Waals surface area contributed by atoms with Crippen molar-refractivity contribution in [2.75, 3.05) is 14.1 Å². The molecule has 0 radical (unpaired) electrons. The van der Waals surface area contributed by atoms with E-state index in [0.717, 1.165) is 6.42 Å². The Labute approximate surface area is 74.9 Å². The Morgan fingerprint density at radius 3 is 2.25 bits per heavy atom. The van der Waals surface area contributed by atoms with E-state index < -0.39 is 0 Å². The monoisotopic (exact) mass is 172 g/mol. The summed E-state index contributed by atoms with van der Waals surface area (Å²) in [5.41, 5.74) is 5.79. The van der Waals surface area contributed by atoms with E-state index in [1.807, 2.05) is 0 Å². The van der Waals surface area contributed by atoms with Gasteiger partial charge < -0.3 is 10.6 Å². The van der Waals surface area contributed by atoms with Crippen molar-refractivity contribution < 1.29 is 4.79 Å². The lowest BCUT2D eigenvalue weighted by molar-refractivity contribution is -0.128. The molecule has 0 saturated heterocycles. The summed E-state index contributed by atoms with van der Waals surface area (Å²) in [5.74, 6) is 0.617. The van der Waals surface area contributed by atoms with E-state index in [1.54, 1.807) is 19.0 Å². The molecular formula is C9H20N2O. The lowest BCUT2D eigenvalue weighted by Crippen LogP contribution is -2.29. The minimum Gasteiger partial charge on any atom is -0.349 e. The molecule has 0 aliphatic heterocycles. The van der Waals surface area contributed by atoms with Crippen LogP contribution in [0.15, 0.2) is 0 Å². The molecular weight excluding hydrogens is 152 g/mol. The summed E-state index contributed by atoms with van der Waals surface area (Å²) >= 11 is 0. The quantitative estimate of drug-likeness (QED) is 0.683. The van der Waals surface area contributed by atoms with Gasteiger partial charge in [-0.1, -0.05) is 13.8 Å². The molecule has 1 amide bonds. The molecule has 0 saturated carbocycles. The van der Waals surface area contributed by atoms with Gasteiger partial charge in [-0.05, 0) is 12.3 Å². The van der Waals surface area contributed by atoms with Crippen molar-refractivity contribution in [3.8, 4) is 0 Å². The van der Waals surface area contributed by atoms with Crippen molar-refractivity contribution in [3.05, 3.63) is 0 Å². The van der Waals surface area contributed by atoms with Crippen molar-refractivity contribution in [3.63, 3.8) is 0 Å². The van der Waals surface area contributed by atoms with Gasteiger partial charge in [-0.2, -0.15) is 0 Å². The highest BCUT2D eigenvalue weighted by Gasteiger charge is 2.10. The van der Waals surface area contributed by atoms with E-state index in [-0.39, 0.29) is 11.9 Å². The minimum atomic E-state index is 0.147. The Balaban J connectivity index is 3.61. The van der Waals surface area contributed by atoms with Crippen molar-refractivity contribution >= 4 is 5.91 Å². The number of hydrogen-bond acceptors (Lipinski definition) is 2. The van der Waals surface area contributed by atoms with Crippen LogP contribution in [0.4, 0.5) is 0 Å². The van der Waals surface area contributed by atoms with Gasteiger partial charge in [0.25, 0.3) is 0 Å². The van der Waals surface area contributed by atoms with Gasteiger partial charge in [0.15, 0.2) is 0 Å². The highest BCUT2D eigenvalue weighted by Crippen LogP contribution is 2.06. The second-order valence-electron chi connectivity index (χ2n) is 3.73. The summed E-state index contributed by atoms with van der Waals surface area (Å²) in [6, 6.07) is 0.147. The first-order valence-corrected chi connectivity index (χ1v) is 4.41. The maximum atomic E-state index is 11.1. The number of amides is 1. The summed E-state index contributed by atoms with van der Waals surface area (Å²) < 4.78 is 0. The third kappa shape index (κ3) is 4.34. The summed E-state index contributed by atoms with van der Waals surface area (Å²) in [5, 5.41) is 0. The average Bonchev–Trinajstić information content (AvgIpc) is 1.98. The summed E-state index contributed by atoms with van der Waals surface area (Å²) in [6.45, 7) is 4.15. The SMILES string of the molecule is CC(C)C(N)CCC(=O)N(C)C. The number of rotatable bonds is 4. The Morgan fingerprint density at radius 2 is 1.92 bits per heavy atom. The third-order valence-corrected chi connectivity index (χ3v) is 2.05. The van der Waals surface area contributed by atoms with E-state index in [4.69, 9.17) is 5.73 Å². The molecule has 0 aliphatic rings. The molecule has 0 aliphatic carbocycles. The van der Waals surface area contributed by atoms with Crippen molar-refractivity contribution in [2.24, 2.45) is 11.7 Å². The fourth-order valence-corrected chi connectivity index (χ4v) is 0.847. The molecule has 0 aromatic heterocycles. The number of nitrogens with two attached hydrogens (primary N) is 1. The van der Waals surface area contributed by atoms with Crippen LogP contribution in [0, 0.1) is 5.92 Å². The topological polar surface area (TPSA) is 46.3 Å². The summed E-state index contributed by atoms with van der Waals surface area (Å²) in [4.78, 5) is 12.7. The van der Waals surface area contributed by atoms with Gasteiger partial charge in [0.2, 0.25) is 5.91 Å². The van der Waals surface area contributed by atoms with Crippen LogP contribution in [0.5, 0.6) is 0 Å². The van der Waals surface area contributed by atoms with E-state index >= 15 is 0 Å². The third-order valence-electron chi connectivity index (χ3n) is 2.05.